The van der Waals surface area contributed by atoms with Crippen molar-refractivity contribution >= 4 is 11.8 Å². The van der Waals surface area contributed by atoms with Crippen LogP contribution >= 0.6 is 0 Å². The molecule has 1 aliphatic rings. The SMILES string of the molecule is Cn1c(N2CCOCC2)c(C(=O)O)ccc1=O. The molecule has 1 aromatic rings. The highest BCUT2D eigenvalue weighted by molar-refractivity contribution is 5.93. The fourth-order valence-corrected chi connectivity index (χ4v) is 1.95. The molecule has 17 heavy (non-hydrogen) atoms. The number of ether oxygens (including phenoxy) is 1. The Morgan fingerprint density at radius 1 is 1.35 bits per heavy atom. The van der Waals surface area contributed by atoms with Crippen LogP contribution in [0.25, 0.3) is 0 Å². The molecule has 0 saturated carbocycles. The predicted octanol–water partition coefficient (Wildman–Crippen LogP) is -0.0799. The van der Waals surface area contributed by atoms with Crippen molar-refractivity contribution in [2.45, 2.75) is 0 Å². The molecule has 1 N–H and O–H groups in total. The Kier molecular flexibility index (Phi) is 3.14. The molecule has 6 heteroatoms. The fraction of sp³-hybridized carbons (Fsp3) is 0.455. The van der Waals surface area contributed by atoms with Gasteiger partial charge < -0.3 is 14.7 Å². The summed E-state index contributed by atoms with van der Waals surface area (Å²) in [6, 6.07) is 2.63. The quantitative estimate of drug-likeness (QED) is 0.780. The highest BCUT2D eigenvalue weighted by Crippen LogP contribution is 2.19. The Bertz CT molecular complexity index is 489. The van der Waals surface area contributed by atoms with E-state index < -0.39 is 5.97 Å². The zero-order valence-electron chi connectivity index (χ0n) is 9.55. The van der Waals surface area contributed by atoms with Gasteiger partial charge in [-0.05, 0) is 6.07 Å². The van der Waals surface area contributed by atoms with Gasteiger partial charge in [0.25, 0.3) is 5.56 Å². The molecule has 0 bridgehead atoms. The summed E-state index contributed by atoms with van der Waals surface area (Å²) in [7, 11) is 1.58. The number of aromatic nitrogens is 1. The second kappa shape index (κ2) is 4.58. The first-order chi connectivity index (χ1) is 8.11. The number of anilines is 1. The van der Waals surface area contributed by atoms with E-state index in [0.717, 1.165) is 0 Å². The molecule has 0 atom stereocenters. The number of carbonyl (C=O) groups is 1. The van der Waals surface area contributed by atoms with Gasteiger partial charge in [0.15, 0.2) is 0 Å². The Morgan fingerprint density at radius 2 is 2.00 bits per heavy atom. The van der Waals surface area contributed by atoms with Crippen LogP contribution in [0.5, 0.6) is 0 Å². The van der Waals surface area contributed by atoms with Crippen molar-refractivity contribution in [3.63, 3.8) is 0 Å². The van der Waals surface area contributed by atoms with E-state index in [1.807, 2.05) is 4.90 Å². The summed E-state index contributed by atoms with van der Waals surface area (Å²) in [5.74, 6) is -0.574. The first-order valence-corrected chi connectivity index (χ1v) is 5.37. The van der Waals surface area contributed by atoms with Gasteiger partial charge >= 0.3 is 5.97 Å². The van der Waals surface area contributed by atoms with Crippen molar-refractivity contribution in [3.8, 4) is 0 Å². The number of nitrogens with zero attached hydrogens (tertiary/aromatic N) is 2. The summed E-state index contributed by atoms with van der Waals surface area (Å²) in [6.45, 7) is 2.28. The Hall–Kier alpha value is -1.82. The molecule has 0 aromatic carbocycles. The molecule has 92 valence electrons. The van der Waals surface area contributed by atoms with Gasteiger partial charge in [-0.3, -0.25) is 9.36 Å². The van der Waals surface area contributed by atoms with Gasteiger partial charge in [0.1, 0.15) is 11.4 Å². The first kappa shape index (κ1) is 11.7. The molecule has 0 spiro atoms. The monoisotopic (exact) mass is 238 g/mol. The van der Waals surface area contributed by atoms with Crippen molar-refractivity contribution in [2.75, 3.05) is 31.2 Å². The third-order valence-corrected chi connectivity index (χ3v) is 2.82. The summed E-state index contributed by atoms with van der Waals surface area (Å²) in [6.07, 6.45) is 0. The maximum atomic E-state index is 11.6. The Morgan fingerprint density at radius 3 is 2.59 bits per heavy atom. The number of carboxylic acid groups (broad SMARTS) is 1. The molecule has 0 radical (unpaired) electrons. The van der Waals surface area contributed by atoms with Crippen LogP contribution in [0.1, 0.15) is 10.4 Å². The summed E-state index contributed by atoms with van der Waals surface area (Å²) >= 11 is 0. The first-order valence-electron chi connectivity index (χ1n) is 5.37. The van der Waals surface area contributed by atoms with Crippen LogP contribution in [0.15, 0.2) is 16.9 Å². The van der Waals surface area contributed by atoms with E-state index in [1.165, 1.54) is 16.7 Å². The third-order valence-electron chi connectivity index (χ3n) is 2.82. The van der Waals surface area contributed by atoms with Crippen molar-refractivity contribution in [1.29, 1.82) is 0 Å². The molecule has 2 rings (SSSR count). The zero-order chi connectivity index (χ0) is 12.4. The molecule has 0 aliphatic carbocycles. The van der Waals surface area contributed by atoms with Crippen LogP contribution in [0, 0.1) is 0 Å². The minimum absolute atomic E-state index is 0.147. The second-order valence-electron chi connectivity index (χ2n) is 3.87. The van der Waals surface area contributed by atoms with Crippen LogP contribution in [0.3, 0.4) is 0 Å². The lowest BCUT2D eigenvalue weighted by atomic mass is 10.2. The zero-order valence-corrected chi connectivity index (χ0v) is 9.55. The second-order valence-corrected chi connectivity index (χ2v) is 3.87. The molecule has 1 saturated heterocycles. The molecule has 0 amide bonds. The molecule has 6 nitrogen and oxygen atoms in total. The van der Waals surface area contributed by atoms with Crippen molar-refractivity contribution < 1.29 is 14.6 Å². The van der Waals surface area contributed by atoms with E-state index in [-0.39, 0.29) is 11.1 Å². The van der Waals surface area contributed by atoms with Gasteiger partial charge in [-0.25, -0.2) is 4.79 Å². The highest BCUT2D eigenvalue weighted by atomic mass is 16.5. The van der Waals surface area contributed by atoms with Crippen LogP contribution in [0.2, 0.25) is 0 Å². The lowest BCUT2D eigenvalue weighted by Crippen LogP contribution is -2.40. The largest absolute Gasteiger partial charge is 0.478 e. The van der Waals surface area contributed by atoms with Gasteiger partial charge in [0.2, 0.25) is 0 Å². The number of morpholine rings is 1. The predicted molar refractivity (Wildman–Crippen MR) is 61.7 cm³/mol. The van der Waals surface area contributed by atoms with Crippen molar-refractivity contribution in [2.24, 2.45) is 7.05 Å². The van der Waals surface area contributed by atoms with Gasteiger partial charge in [-0.1, -0.05) is 0 Å². The van der Waals surface area contributed by atoms with Gasteiger partial charge in [0.05, 0.1) is 13.2 Å². The minimum atomic E-state index is -1.03. The van der Waals surface area contributed by atoms with Crippen molar-refractivity contribution in [3.05, 3.63) is 28.0 Å². The van der Waals surface area contributed by atoms with E-state index >= 15 is 0 Å². The highest BCUT2D eigenvalue weighted by Gasteiger charge is 2.21. The number of rotatable bonds is 2. The van der Waals surface area contributed by atoms with Crippen LogP contribution in [-0.4, -0.2) is 41.9 Å². The van der Waals surface area contributed by atoms with Crippen molar-refractivity contribution in [1.82, 2.24) is 4.57 Å². The molecule has 1 aliphatic heterocycles. The average molecular weight is 238 g/mol. The van der Waals surface area contributed by atoms with Gasteiger partial charge in [0, 0.05) is 26.2 Å². The number of carboxylic acids is 1. The minimum Gasteiger partial charge on any atom is -0.478 e. The molecular weight excluding hydrogens is 224 g/mol. The summed E-state index contributed by atoms with van der Waals surface area (Å²) in [5.41, 5.74) is -0.0644. The van der Waals surface area contributed by atoms with E-state index in [4.69, 9.17) is 9.84 Å². The number of pyridine rings is 1. The summed E-state index contributed by atoms with van der Waals surface area (Å²) in [5, 5.41) is 9.14. The molecule has 1 aromatic heterocycles. The maximum Gasteiger partial charge on any atom is 0.339 e. The summed E-state index contributed by atoms with van der Waals surface area (Å²) in [4.78, 5) is 24.6. The fourth-order valence-electron chi connectivity index (χ4n) is 1.95. The number of hydrogen-bond acceptors (Lipinski definition) is 4. The van der Waals surface area contributed by atoms with E-state index in [0.29, 0.717) is 32.1 Å². The maximum absolute atomic E-state index is 11.6. The van der Waals surface area contributed by atoms with Crippen LogP contribution in [0.4, 0.5) is 5.82 Å². The Labute approximate surface area is 98.0 Å². The third kappa shape index (κ3) is 2.16. The Balaban J connectivity index is 2.51. The normalized spacial score (nSPS) is 15.9. The van der Waals surface area contributed by atoms with E-state index in [9.17, 15) is 9.59 Å². The lowest BCUT2D eigenvalue weighted by Gasteiger charge is -2.31. The standard InChI is InChI=1S/C11H14N2O4/c1-12-9(14)3-2-8(11(15)16)10(12)13-4-6-17-7-5-13/h2-3H,4-7H2,1H3,(H,15,16). The number of hydrogen-bond donors (Lipinski definition) is 1. The smallest absolute Gasteiger partial charge is 0.339 e. The van der Waals surface area contributed by atoms with Gasteiger partial charge in [-0.15, -0.1) is 0 Å². The molecular formula is C11H14N2O4. The average Bonchev–Trinajstić information content (AvgIpc) is 2.33. The lowest BCUT2D eigenvalue weighted by molar-refractivity contribution is 0.0695. The number of aromatic carboxylic acids is 1. The van der Waals surface area contributed by atoms with Crippen LogP contribution < -0.4 is 10.5 Å². The van der Waals surface area contributed by atoms with E-state index in [2.05, 4.69) is 0 Å². The molecule has 1 fully saturated rings. The van der Waals surface area contributed by atoms with E-state index in [1.54, 1.807) is 7.05 Å². The molecule has 2 heterocycles. The molecule has 0 unspecified atom stereocenters. The summed E-state index contributed by atoms with van der Waals surface area (Å²) < 4.78 is 6.58. The topological polar surface area (TPSA) is 71.8 Å². The van der Waals surface area contributed by atoms with Gasteiger partial charge in [-0.2, -0.15) is 0 Å². The van der Waals surface area contributed by atoms with Crippen LogP contribution in [-0.2, 0) is 11.8 Å².